The Balaban J connectivity index is 1.55. The smallest absolute Gasteiger partial charge is 0.383 e. The fourth-order valence-corrected chi connectivity index (χ4v) is 4.14. The molecule has 0 radical (unpaired) electrons. The molecule has 10 nitrogen and oxygen atoms in total. The third-order valence-electron chi connectivity index (χ3n) is 6.16. The SMILES string of the molecule is CC1CCC(Oc2c(O)c3ccc(O[C@@H]4O[C@H](CO)[C@@H](O)[C@H](O)[C@@H]4O)cc3oc2=O)CC1. The summed E-state index contributed by atoms with van der Waals surface area (Å²) in [5.74, 6) is 0.173. The van der Waals surface area contributed by atoms with E-state index in [1.165, 1.54) is 18.2 Å². The van der Waals surface area contributed by atoms with Crippen LogP contribution in [0.5, 0.6) is 17.2 Å². The summed E-state index contributed by atoms with van der Waals surface area (Å²) in [5, 5.41) is 50.0. The van der Waals surface area contributed by atoms with E-state index < -0.39 is 42.9 Å². The molecule has 1 aromatic heterocycles. The first-order chi connectivity index (χ1) is 15.3. The molecule has 32 heavy (non-hydrogen) atoms. The number of ether oxygens (including phenoxy) is 3. The number of aliphatic hydroxyl groups excluding tert-OH is 4. The molecule has 1 saturated carbocycles. The van der Waals surface area contributed by atoms with E-state index in [2.05, 4.69) is 6.92 Å². The van der Waals surface area contributed by atoms with Crippen LogP contribution in [-0.4, -0.2) is 68.9 Å². The minimum atomic E-state index is -1.59. The highest BCUT2D eigenvalue weighted by atomic mass is 16.7. The van der Waals surface area contributed by atoms with Gasteiger partial charge in [0.15, 0.2) is 5.75 Å². The molecule has 1 aliphatic heterocycles. The molecule has 4 rings (SSSR count). The third-order valence-corrected chi connectivity index (χ3v) is 6.16. The van der Waals surface area contributed by atoms with Crippen molar-refractivity contribution < 1.29 is 44.2 Å². The van der Waals surface area contributed by atoms with Gasteiger partial charge in [-0.15, -0.1) is 0 Å². The number of fused-ring (bicyclic) bond motifs is 1. The molecule has 2 heterocycles. The fourth-order valence-electron chi connectivity index (χ4n) is 4.14. The maximum absolute atomic E-state index is 12.5. The first-order valence-electron chi connectivity index (χ1n) is 10.7. The molecule has 10 heteroatoms. The molecule has 0 bridgehead atoms. The van der Waals surface area contributed by atoms with E-state index in [4.69, 9.17) is 18.6 Å². The Labute approximate surface area is 183 Å². The van der Waals surface area contributed by atoms with Gasteiger partial charge in [0.1, 0.15) is 35.7 Å². The second-order valence-electron chi connectivity index (χ2n) is 8.54. The zero-order valence-electron chi connectivity index (χ0n) is 17.6. The highest BCUT2D eigenvalue weighted by Gasteiger charge is 2.44. The van der Waals surface area contributed by atoms with Crippen molar-refractivity contribution in [1.29, 1.82) is 0 Å². The number of aliphatic hydroxyl groups is 4. The fraction of sp³-hybridized carbons (Fsp3) is 0.591. The van der Waals surface area contributed by atoms with Gasteiger partial charge in [-0.05, 0) is 43.7 Å². The van der Waals surface area contributed by atoms with Crippen molar-refractivity contribution in [3.8, 4) is 17.2 Å². The van der Waals surface area contributed by atoms with Crippen LogP contribution < -0.4 is 15.1 Å². The van der Waals surface area contributed by atoms with Crippen molar-refractivity contribution in [2.45, 2.75) is 69.4 Å². The van der Waals surface area contributed by atoms with Crippen LogP contribution in [0.4, 0.5) is 0 Å². The van der Waals surface area contributed by atoms with Gasteiger partial charge >= 0.3 is 5.63 Å². The molecule has 1 saturated heterocycles. The van der Waals surface area contributed by atoms with Gasteiger partial charge < -0.3 is 44.2 Å². The van der Waals surface area contributed by atoms with Crippen LogP contribution in [0.2, 0.25) is 0 Å². The van der Waals surface area contributed by atoms with E-state index in [1.807, 2.05) is 0 Å². The Morgan fingerprint density at radius 2 is 1.75 bits per heavy atom. The zero-order chi connectivity index (χ0) is 23.0. The Kier molecular flexibility index (Phi) is 6.59. The lowest BCUT2D eigenvalue weighted by Crippen LogP contribution is -2.60. The van der Waals surface area contributed by atoms with Crippen molar-refractivity contribution in [2.24, 2.45) is 5.92 Å². The number of aromatic hydroxyl groups is 1. The standard InChI is InChI=1S/C22H28O10/c1-10-2-4-11(5-3-10)29-20-16(24)13-7-6-12(8-14(13)31-21(20)28)30-22-19(27)18(26)17(25)15(9-23)32-22/h6-8,10-11,15,17-19,22-27H,2-5,9H2,1H3/t10?,11?,15-,17-,18+,19+,22-/m1/s1. The molecular weight excluding hydrogens is 424 g/mol. The number of rotatable bonds is 5. The van der Waals surface area contributed by atoms with E-state index >= 15 is 0 Å². The number of hydrogen-bond acceptors (Lipinski definition) is 10. The molecule has 2 aromatic rings. The molecule has 5 N–H and O–H groups in total. The molecule has 5 atom stereocenters. The topological polar surface area (TPSA) is 159 Å². The minimum Gasteiger partial charge on any atom is -0.504 e. The lowest BCUT2D eigenvalue weighted by Gasteiger charge is -2.39. The highest BCUT2D eigenvalue weighted by Crippen LogP contribution is 2.36. The minimum absolute atomic E-state index is 0.0270. The lowest BCUT2D eigenvalue weighted by molar-refractivity contribution is -0.277. The van der Waals surface area contributed by atoms with Gasteiger partial charge in [0.2, 0.25) is 12.0 Å². The number of benzene rings is 1. The molecule has 2 aliphatic rings. The maximum Gasteiger partial charge on any atom is 0.383 e. The Bertz CT molecular complexity index is 994. The average molecular weight is 452 g/mol. The second-order valence-corrected chi connectivity index (χ2v) is 8.54. The van der Waals surface area contributed by atoms with Crippen LogP contribution in [0, 0.1) is 5.92 Å². The molecule has 0 unspecified atom stereocenters. The van der Waals surface area contributed by atoms with E-state index in [1.54, 1.807) is 0 Å². The van der Waals surface area contributed by atoms with Crippen molar-refractivity contribution in [3.63, 3.8) is 0 Å². The lowest BCUT2D eigenvalue weighted by atomic mass is 9.89. The summed E-state index contributed by atoms with van der Waals surface area (Å²) in [4.78, 5) is 12.5. The van der Waals surface area contributed by atoms with Crippen molar-refractivity contribution in [1.82, 2.24) is 0 Å². The monoisotopic (exact) mass is 452 g/mol. The Hall–Kier alpha value is -2.37. The molecule has 0 spiro atoms. The van der Waals surface area contributed by atoms with Crippen LogP contribution >= 0.6 is 0 Å². The average Bonchev–Trinajstić information content (AvgIpc) is 2.78. The summed E-state index contributed by atoms with van der Waals surface area (Å²) in [5.41, 5.74) is -0.794. The van der Waals surface area contributed by atoms with E-state index in [0.717, 1.165) is 25.7 Å². The highest BCUT2D eigenvalue weighted by molar-refractivity contribution is 5.86. The molecule has 1 aromatic carbocycles. The van der Waals surface area contributed by atoms with Crippen LogP contribution in [0.15, 0.2) is 27.4 Å². The predicted octanol–water partition coefficient (Wildman–Crippen LogP) is 0.635. The molecule has 1 aliphatic carbocycles. The van der Waals surface area contributed by atoms with Crippen molar-refractivity contribution in [2.75, 3.05) is 6.61 Å². The van der Waals surface area contributed by atoms with Gasteiger partial charge in [-0.2, -0.15) is 0 Å². The van der Waals surface area contributed by atoms with Crippen LogP contribution in [0.25, 0.3) is 11.0 Å². The molecule has 0 amide bonds. The summed E-state index contributed by atoms with van der Waals surface area (Å²) in [6.45, 7) is 1.58. The Morgan fingerprint density at radius 3 is 2.44 bits per heavy atom. The summed E-state index contributed by atoms with van der Waals surface area (Å²) >= 11 is 0. The largest absolute Gasteiger partial charge is 0.504 e. The van der Waals surface area contributed by atoms with Gasteiger partial charge in [-0.25, -0.2) is 4.79 Å². The predicted molar refractivity (Wildman–Crippen MR) is 111 cm³/mol. The number of hydrogen-bond donors (Lipinski definition) is 5. The van der Waals surface area contributed by atoms with Crippen LogP contribution in [0.1, 0.15) is 32.6 Å². The van der Waals surface area contributed by atoms with Crippen molar-refractivity contribution >= 4 is 11.0 Å². The zero-order valence-corrected chi connectivity index (χ0v) is 17.6. The first-order valence-corrected chi connectivity index (χ1v) is 10.7. The summed E-state index contributed by atoms with van der Waals surface area (Å²) in [7, 11) is 0. The molecule has 176 valence electrons. The summed E-state index contributed by atoms with van der Waals surface area (Å²) in [6, 6.07) is 4.24. The quantitative estimate of drug-likeness (QED) is 0.407. The second kappa shape index (κ2) is 9.24. The van der Waals surface area contributed by atoms with E-state index in [-0.39, 0.29) is 34.3 Å². The van der Waals surface area contributed by atoms with Gasteiger partial charge in [-0.1, -0.05) is 6.92 Å². The van der Waals surface area contributed by atoms with Crippen LogP contribution in [-0.2, 0) is 4.74 Å². The van der Waals surface area contributed by atoms with Crippen molar-refractivity contribution in [3.05, 3.63) is 28.6 Å². The normalized spacial score (nSPS) is 33.2. The maximum atomic E-state index is 12.5. The van der Waals surface area contributed by atoms with Gasteiger partial charge in [0, 0.05) is 6.07 Å². The molecule has 2 fully saturated rings. The molecular formula is C22H28O10. The van der Waals surface area contributed by atoms with Gasteiger partial charge in [0.05, 0.1) is 18.1 Å². The third kappa shape index (κ3) is 4.41. The van der Waals surface area contributed by atoms with E-state index in [0.29, 0.717) is 5.92 Å². The summed E-state index contributed by atoms with van der Waals surface area (Å²) in [6.07, 6.45) is -3.78. The van der Waals surface area contributed by atoms with Gasteiger partial charge in [0.25, 0.3) is 0 Å². The van der Waals surface area contributed by atoms with Gasteiger partial charge in [-0.3, -0.25) is 0 Å². The first kappa shape index (κ1) is 22.8. The Morgan fingerprint density at radius 1 is 1.03 bits per heavy atom. The summed E-state index contributed by atoms with van der Waals surface area (Å²) < 4.78 is 21.9. The van der Waals surface area contributed by atoms with E-state index in [9.17, 15) is 30.3 Å². The van der Waals surface area contributed by atoms with Crippen LogP contribution in [0.3, 0.4) is 0 Å².